The molecule has 6 nitrogen and oxygen atoms in total. The van der Waals surface area contributed by atoms with Gasteiger partial charge in [-0.15, -0.1) is 6.58 Å². The molecule has 1 fully saturated rings. The van der Waals surface area contributed by atoms with Crippen LogP contribution in [0.4, 0.5) is 0 Å². The van der Waals surface area contributed by atoms with E-state index in [4.69, 9.17) is 14.2 Å². The fraction of sp³-hybridized carbons (Fsp3) is 0.583. The van der Waals surface area contributed by atoms with Crippen LogP contribution in [0.25, 0.3) is 0 Å². The van der Waals surface area contributed by atoms with Crippen molar-refractivity contribution in [2.75, 3.05) is 6.61 Å². The lowest BCUT2D eigenvalue weighted by molar-refractivity contribution is -0.188. The molecule has 0 aromatic carbocycles. The first kappa shape index (κ1) is 14.2. The maximum atomic E-state index is 11.4. The molecule has 0 unspecified atom stereocenters. The lowest BCUT2D eigenvalue weighted by Gasteiger charge is -2.34. The molecule has 0 amide bonds. The molecule has 18 heavy (non-hydrogen) atoms. The molecule has 1 heterocycles. The van der Waals surface area contributed by atoms with Crippen molar-refractivity contribution in [2.24, 2.45) is 5.92 Å². The Labute approximate surface area is 105 Å². The van der Waals surface area contributed by atoms with Crippen LogP contribution in [0.15, 0.2) is 12.7 Å². The van der Waals surface area contributed by atoms with E-state index in [1.165, 1.54) is 19.9 Å². The maximum absolute atomic E-state index is 11.4. The van der Waals surface area contributed by atoms with Crippen LogP contribution in [0, 0.1) is 5.92 Å². The summed E-state index contributed by atoms with van der Waals surface area (Å²) < 4.78 is 14.9. The van der Waals surface area contributed by atoms with Gasteiger partial charge in [0.05, 0.1) is 6.42 Å². The molecule has 0 aromatic rings. The lowest BCUT2D eigenvalue weighted by Crippen LogP contribution is -2.47. The molecule has 0 aromatic heterocycles. The molecule has 0 bridgehead atoms. The standard InChI is InChI=1S/C12H16O6/c1-4-9-5-11(15)18-10(6-16-7(2)13)12(9)17-8(3)14/h4,9-10,12H,1,5-6H2,2-3H3/t9-,10+,12+/m0/s1. The van der Waals surface area contributed by atoms with Gasteiger partial charge < -0.3 is 14.2 Å². The molecule has 100 valence electrons. The molecule has 1 rings (SSSR count). The van der Waals surface area contributed by atoms with Gasteiger partial charge in [-0.25, -0.2) is 0 Å². The van der Waals surface area contributed by atoms with Gasteiger partial charge in [-0.2, -0.15) is 0 Å². The van der Waals surface area contributed by atoms with E-state index in [1.54, 1.807) is 0 Å². The van der Waals surface area contributed by atoms with Crippen molar-refractivity contribution in [1.29, 1.82) is 0 Å². The van der Waals surface area contributed by atoms with Gasteiger partial charge in [0.2, 0.25) is 0 Å². The van der Waals surface area contributed by atoms with Crippen LogP contribution < -0.4 is 0 Å². The minimum Gasteiger partial charge on any atom is -0.462 e. The van der Waals surface area contributed by atoms with Crippen molar-refractivity contribution in [2.45, 2.75) is 32.5 Å². The molecule has 3 atom stereocenters. The highest BCUT2D eigenvalue weighted by atomic mass is 16.6. The Hall–Kier alpha value is -1.85. The Morgan fingerprint density at radius 3 is 2.61 bits per heavy atom. The van der Waals surface area contributed by atoms with Crippen LogP contribution >= 0.6 is 0 Å². The first-order valence-electron chi connectivity index (χ1n) is 5.56. The smallest absolute Gasteiger partial charge is 0.307 e. The van der Waals surface area contributed by atoms with Crippen molar-refractivity contribution in [3.63, 3.8) is 0 Å². The summed E-state index contributed by atoms with van der Waals surface area (Å²) in [6.45, 7) is 5.97. The second kappa shape index (κ2) is 6.18. The Morgan fingerprint density at radius 2 is 2.11 bits per heavy atom. The van der Waals surface area contributed by atoms with Crippen LogP contribution in [-0.4, -0.2) is 36.7 Å². The quantitative estimate of drug-likeness (QED) is 0.416. The second-order valence-electron chi connectivity index (χ2n) is 4.01. The molecule has 0 spiro atoms. The molecule has 6 heteroatoms. The van der Waals surface area contributed by atoms with Gasteiger partial charge in [0.25, 0.3) is 0 Å². The molecule has 1 saturated heterocycles. The monoisotopic (exact) mass is 256 g/mol. The van der Waals surface area contributed by atoms with Crippen molar-refractivity contribution in [1.82, 2.24) is 0 Å². The van der Waals surface area contributed by atoms with E-state index in [1.807, 2.05) is 0 Å². The topological polar surface area (TPSA) is 78.9 Å². The zero-order valence-electron chi connectivity index (χ0n) is 10.4. The Morgan fingerprint density at radius 1 is 1.44 bits per heavy atom. The summed E-state index contributed by atoms with van der Waals surface area (Å²) >= 11 is 0. The van der Waals surface area contributed by atoms with Crippen molar-refractivity contribution >= 4 is 17.9 Å². The van der Waals surface area contributed by atoms with Gasteiger partial charge >= 0.3 is 17.9 Å². The first-order valence-corrected chi connectivity index (χ1v) is 5.56. The number of rotatable bonds is 4. The zero-order chi connectivity index (χ0) is 13.7. The fourth-order valence-corrected chi connectivity index (χ4v) is 1.77. The summed E-state index contributed by atoms with van der Waals surface area (Å²) in [5.41, 5.74) is 0. The molecule has 0 saturated carbocycles. The number of hydrogen-bond donors (Lipinski definition) is 0. The van der Waals surface area contributed by atoms with Gasteiger partial charge in [0, 0.05) is 19.8 Å². The van der Waals surface area contributed by atoms with Crippen LogP contribution in [-0.2, 0) is 28.6 Å². The van der Waals surface area contributed by atoms with E-state index in [2.05, 4.69) is 6.58 Å². The predicted octanol–water partition coefficient (Wildman–Crippen LogP) is 0.599. The first-order chi connectivity index (χ1) is 8.43. The minimum atomic E-state index is -0.790. The minimum absolute atomic E-state index is 0.0953. The van der Waals surface area contributed by atoms with Crippen LogP contribution in [0.3, 0.4) is 0 Å². The molecule has 0 radical (unpaired) electrons. The summed E-state index contributed by atoms with van der Waals surface area (Å²) in [5, 5.41) is 0. The second-order valence-corrected chi connectivity index (χ2v) is 4.01. The van der Waals surface area contributed by atoms with E-state index in [-0.39, 0.29) is 18.9 Å². The molecular formula is C12H16O6. The molecular weight excluding hydrogens is 240 g/mol. The molecule has 0 aliphatic carbocycles. The van der Waals surface area contributed by atoms with E-state index < -0.39 is 30.1 Å². The number of esters is 3. The van der Waals surface area contributed by atoms with Gasteiger partial charge in [-0.3, -0.25) is 14.4 Å². The van der Waals surface area contributed by atoms with E-state index in [0.29, 0.717) is 0 Å². The van der Waals surface area contributed by atoms with Gasteiger partial charge in [-0.05, 0) is 0 Å². The summed E-state index contributed by atoms with van der Waals surface area (Å²) in [5.74, 6) is -1.75. The number of ether oxygens (including phenoxy) is 3. The normalized spacial score (nSPS) is 27.0. The SMILES string of the molecule is C=C[C@H]1CC(=O)O[C@H](COC(C)=O)[C@@H]1OC(C)=O. The number of cyclic esters (lactones) is 1. The summed E-state index contributed by atoms with van der Waals surface area (Å²) in [6, 6.07) is 0. The average Bonchev–Trinajstić information content (AvgIpc) is 2.28. The molecule has 0 N–H and O–H groups in total. The molecule has 1 aliphatic heterocycles. The largest absolute Gasteiger partial charge is 0.462 e. The average molecular weight is 256 g/mol. The highest BCUT2D eigenvalue weighted by molar-refractivity contribution is 5.72. The fourth-order valence-electron chi connectivity index (χ4n) is 1.77. The Bertz CT molecular complexity index is 362. The van der Waals surface area contributed by atoms with Gasteiger partial charge in [0.1, 0.15) is 12.7 Å². The van der Waals surface area contributed by atoms with E-state index in [9.17, 15) is 14.4 Å². The third-order valence-corrected chi connectivity index (χ3v) is 2.53. The third-order valence-electron chi connectivity index (χ3n) is 2.53. The highest BCUT2D eigenvalue weighted by Gasteiger charge is 2.40. The van der Waals surface area contributed by atoms with Crippen LogP contribution in [0.2, 0.25) is 0 Å². The maximum Gasteiger partial charge on any atom is 0.307 e. The highest BCUT2D eigenvalue weighted by Crippen LogP contribution is 2.26. The van der Waals surface area contributed by atoms with Gasteiger partial charge in [-0.1, -0.05) is 6.08 Å². The number of carbonyl (C=O) groups excluding carboxylic acids is 3. The van der Waals surface area contributed by atoms with Crippen LogP contribution in [0.5, 0.6) is 0 Å². The molecule has 1 aliphatic rings. The number of hydrogen-bond acceptors (Lipinski definition) is 6. The van der Waals surface area contributed by atoms with Crippen molar-refractivity contribution in [3.8, 4) is 0 Å². The summed E-state index contributed by atoms with van der Waals surface area (Å²) in [4.78, 5) is 33.2. The predicted molar refractivity (Wildman–Crippen MR) is 60.4 cm³/mol. The zero-order valence-corrected chi connectivity index (χ0v) is 10.4. The van der Waals surface area contributed by atoms with Crippen molar-refractivity contribution in [3.05, 3.63) is 12.7 Å². The van der Waals surface area contributed by atoms with E-state index in [0.717, 1.165) is 0 Å². The van der Waals surface area contributed by atoms with Gasteiger partial charge in [0.15, 0.2) is 6.10 Å². The number of carbonyl (C=O) groups is 3. The summed E-state index contributed by atoms with van der Waals surface area (Å²) in [7, 11) is 0. The van der Waals surface area contributed by atoms with Crippen molar-refractivity contribution < 1.29 is 28.6 Å². The Balaban J connectivity index is 2.78. The van der Waals surface area contributed by atoms with Crippen LogP contribution in [0.1, 0.15) is 20.3 Å². The Kier molecular flexibility index (Phi) is 4.88. The lowest BCUT2D eigenvalue weighted by atomic mass is 9.92. The summed E-state index contributed by atoms with van der Waals surface area (Å²) in [6.07, 6.45) is 0.173. The third kappa shape index (κ3) is 3.87. The van der Waals surface area contributed by atoms with E-state index >= 15 is 0 Å².